The normalized spacial score (nSPS) is 9.77. The Morgan fingerprint density at radius 2 is 2.62 bits per heavy atom. The van der Waals surface area contributed by atoms with Crippen LogP contribution in [0.5, 0.6) is 0 Å². The number of carbonyl (C=O) groups is 1. The van der Waals surface area contributed by atoms with E-state index in [1.807, 2.05) is 0 Å². The Kier molecular flexibility index (Phi) is 3.40. The second kappa shape index (κ2) is 4.83. The summed E-state index contributed by atoms with van der Waals surface area (Å²) in [7, 11) is 0. The van der Waals surface area contributed by atoms with Crippen molar-refractivity contribution in [2.75, 3.05) is 6.61 Å². The lowest BCUT2D eigenvalue weighted by molar-refractivity contribution is 0.0513. The number of terminal acetylenes is 1. The number of carbonyl (C=O) groups excluding carboxylic acids is 1. The summed E-state index contributed by atoms with van der Waals surface area (Å²) in [4.78, 5) is 11.1. The summed E-state index contributed by atoms with van der Waals surface area (Å²) in [6, 6.07) is 3.15. The molecular formula is C10H8O3. The minimum atomic E-state index is -0.494. The monoisotopic (exact) mass is 176 g/mol. The highest BCUT2D eigenvalue weighted by Gasteiger charge is 2.07. The molecule has 1 aromatic heterocycles. The number of allylic oxidation sites excluding steroid dienone is 1. The molecule has 13 heavy (non-hydrogen) atoms. The first-order chi connectivity index (χ1) is 6.34. The molecular weight excluding hydrogens is 168 g/mol. The molecule has 1 heterocycles. The highest BCUT2D eigenvalue weighted by molar-refractivity contribution is 5.86. The predicted molar refractivity (Wildman–Crippen MR) is 47.0 cm³/mol. The van der Waals surface area contributed by atoms with Crippen molar-refractivity contribution in [2.45, 2.75) is 0 Å². The molecule has 0 aromatic carbocycles. The fourth-order valence-corrected chi connectivity index (χ4v) is 0.706. The van der Waals surface area contributed by atoms with Gasteiger partial charge in [0.2, 0.25) is 5.76 Å². The van der Waals surface area contributed by atoms with Gasteiger partial charge in [-0.05, 0) is 24.3 Å². The molecule has 0 atom stereocenters. The van der Waals surface area contributed by atoms with E-state index < -0.39 is 5.97 Å². The number of rotatable bonds is 3. The number of furan rings is 1. The number of hydrogen-bond donors (Lipinski definition) is 0. The Hall–Kier alpha value is -1.95. The molecule has 66 valence electrons. The first-order valence-electron chi connectivity index (χ1n) is 3.66. The summed E-state index contributed by atoms with van der Waals surface area (Å²) in [5, 5.41) is 0. The van der Waals surface area contributed by atoms with Gasteiger partial charge in [0.15, 0.2) is 0 Å². The number of hydrogen-bond acceptors (Lipinski definition) is 3. The molecule has 0 bridgehead atoms. The molecule has 0 spiro atoms. The number of esters is 1. The molecule has 0 amide bonds. The molecule has 1 aromatic rings. The van der Waals surface area contributed by atoms with Gasteiger partial charge in [-0.15, -0.1) is 6.42 Å². The molecule has 0 aliphatic rings. The lowest BCUT2D eigenvalue weighted by atomic mass is 10.4. The van der Waals surface area contributed by atoms with E-state index in [0.29, 0.717) is 0 Å². The smallest absolute Gasteiger partial charge is 0.374 e. The van der Waals surface area contributed by atoms with Gasteiger partial charge in [0.1, 0.15) is 6.61 Å². The van der Waals surface area contributed by atoms with Crippen LogP contribution in [0.4, 0.5) is 0 Å². The van der Waals surface area contributed by atoms with Crippen LogP contribution >= 0.6 is 0 Å². The van der Waals surface area contributed by atoms with Crippen LogP contribution in [0.25, 0.3) is 0 Å². The summed E-state index contributed by atoms with van der Waals surface area (Å²) < 4.78 is 9.59. The third-order valence-electron chi connectivity index (χ3n) is 1.25. The van der Waals surface area contributed by atoms with Crippen molar-refractivity contribution < 1.29 is 13.9 Å². The molecule has 0 radical (unpaired) electrons. The Balaban J connectivity index is 2.36. The minimum Gasteiger partial charge on any atom is -0.457 e. The van der Waals surface area contributed by atoms with Crippen LogP contribution in [0.3, 0.4) is 0 Å². The fraction of sp³-hybridized carbons (Fsp3) is 0.100. The van der Waals surface area contributed by atoms with Gasteiger partial charge < -0.3 is 9.15 Å². The standard InChI is InChI=1S/C10H8O3/c1-2-3-4-7-13-10(11)9-6-5-8-12-9/h1,3-6,8H,7H2/b4-3+. The molecule has 3 heteroatoms. The summed E-state index contributed by atoms with van der Waals surface area (Å²) in [6.45, 7) is 0.156. The van der Waals surface area contributed by atoms with Crippen molar-refractivity contribution in [3.05, 3.63) is 36.3 Å². The van der Waals surface area contributed by atoms with E-state index in [0.717, 1.165) is 0 Å². The van der Waals surface area contributed by atoms with E-state index in [2.05, 4.69) is 5.92 Å². The second-order valence-corrected chi connectivity index (χ2v) is 2.14. The minimum absolute atomic E-state index is 0.156. The van der Waals surface area contributed by atoms with Crippen LogP contribution in [0, 0.1) is 12.3 Å². The average Bonchev–Trinajstić information content (AvgIpc) is 2.65. The maximum atomic E-state index is 11.1. The second-order valence-electron chi connectivity index (χ2n) is 2.14. The van der Waals surface area contributed by atoms with Crippen LogP contribution in [-0.4, -0.2) is 12.6 Å². The Morgan fingerprint density at radius 1 is 1.77 bits per heavy atom. The molecule has 1 rings (SSSR count). The zero-order chi connectivity index (χ0) is 9.52. The molecule has 0 aliphatic carbocycles. The van der Waals surface area contributed by atoms with Gasteiger partial charge in [0.25, 0.3) is 0 Å². The van der Waals surface area contributed by atoms with E-state index in [1.165, 1.54) is 18.4 Å². The van der Waals surface area contributed by atoms with Gasteiger partial charge in [-0.2, -0.15) is 0 Å². The highest BCUT2D eigenvalue weighted by Crippen LogP contribution is 2.01. The van der Waals surface area contributed by atoms with Crippen molar-refractivity contribution in [1.82, 2.24) is 0 Å². The summed E-state index contributed by atoms with van der Waals surface area (Å²) in [6.07, 6.45) is 9.39. The zero-order valence-corrected chi connectivity index (χ0v) is 6.90. The van der Waals surface area contributed by atoms with Crippen molar-refractivity contribution >= 4 is 5.97 Å². The summed E-state index contributed by atoms with van der Waals surface area (Å²) in [5.41, 5.74) is 0. The Bertz CT molecular complexity index is 328. The van der Waals surface area contributed by atoms with Gasteiger partial charge in [-0.3, -0.25) is 0 Å². The van der Waals surface area contributed by atoms with Gasteiger partial charge in [-0.1, -0.05) is 5.92 Å². The van der Waals surface area contributed by atoms with Crippen LogP contribution in [0.15, 0.2) is 35.0 Å². The van der Waals surface area contributed by atoms with E-state index >= 15 is 0 Å². The molecule has 3 nitrogen and oxygen atoms in total. The van der Waals surface area contributed by atoms with Gasteiger partial charge in [0.05, 0.1) is 6.26 Å². The molecule has 0 saturated heterocycles. The molecule has 0 fully saturated rings. The maximum Gasteiger partial charge on any atom is 0.374 e. The van der Waals surface area contributed by atoms with Crippen molar-refractivity contribution in [2.24, 2.45) is 0 Å². The summed E-state index contributed by atoms with van der Waals surface area (Å²) >= 11 is 0. The van der Waals surface area contributed by atoms with Crippen molar-refractivity contribution in [1.29, 1.82) is 0 Å². The topological polar surface area (TPSA) is 39.4 Å². The SMILES string of the molecule is C#C/C=C/COC(=O)c1ccco1. The third kappa shape index (κ3) is 2.88. The molecule has 0 unspecified atom stereocenters. The van der Waals surface area contributed by atoms with E-state index in [9.17, 15) is 4.79 Å². The maximum absolute atomic E-state index is 11.1. The molecule has 0 saturated carbocycles. The largest absolute Gasteiger partial charge is 0.457 e. The quantitative estimate of drug-likeness (QED) is 0.519. The first-order valence-corrected chi connectivity index (χ1v) is 3.66. The van der Waals surface area contributed by atoms with Gasteiger partial charge in [-0.25, -0.2) is 4.79 Å². The third-order valence-corrected chi connectivity index (χ3v) is 1.25. The fourth-order valence-electron chi connectivity index (χ4n) is 0.706. The van der Waals surface area contributed by atoms with E-state index in [-0.39, 0.29) is 12.4 Å². The Labute approximate surface area is 76.0 Å². The predicted octanol–water partition coefficient (Wildman–Crippen LogP) is 1.63. The number of ether oxygens (including phenoxy) is 1. The van der Waals surface area contributed by atoms with Crippen molar-refractivity contribution in [3.8, 4) is 12.3 Å². The zero-order valence-electron chi connectivity index (χ0n) is 6.90. The average molecular weight is 176 g/mol. The highest BCUT2D eigenvalue weighted by atomic mass is 16.5. The van der Waals surface area contributed by atoms with Crippen LogP contribution in [-0.2, 0) is 4.74 Å². The van der Waals surface area contributed by atoms with Gasteiger partial charge >= 0.3 is 5.97 Å². The Morgan fingerprint density at radius 3 is 3.23 bits per heavy atom. The van der Waals surface area contributed by atoms with Crippen LogP contribution < -0.4 is 0 Å². The van der Waals surface area contributed by atoms with Crippen molar-refractivity contribution in [3.63, 3.8) is 0 Å². The molecule has 0 N–H and O–H groups in total. The first kappa shape index (κ1) is 9.14. The van der Waals surface area contributed by atoms with Crippen LogP contribution in [0.2, 0.25) is 0 Å². The van der Waals surface area contributed by atoms with E-state index in [1.54, 1.807) is 12.1 Å². The van der Waals surface area contributed by atoms with Crippen LogP contribution in [0.1, 0.15) is 10.6 Å². The summed E-state index contributed by atoms with van der Waals surface area (Å²) in [5.74, 6) is 1.98. The molecule has 0 aliphatic heterocycles. The van der Waals surface area contributed by atoms with Gasteiger partial charge in [0, 0.05) is 0 Å². The lowest BCUT2D eigenvalue weighted by Crippen LogP contribution is -2.03. The lowest BCUT2D eigenvalue weighted by Gasteiger charge is -1.96. The van der Waals surface area contributed by atoms with E-state index in [4.69, 9.17) is 15.6 Å².